The van der Waals surface area contributed by atoms with Gasteiger partial charge in [0.25, 0.3) is 0 Å². The molecule has 2 fully saturated rings. The Hall–Kier alpha value is -3.35. The molecule has 0 radical (unpaired) electrons. The number of phenolic OH excluding ortho intramolecular Hbond substituents is 2. The van der Waals surface area contributed by atoms with E-state index in [2.05, 4.69) is 0 Å². The van der Waals surface area contributed by atoms with Gasteiger partial charge in [0.2, 0.25) is 12.6 Å². The van der Waals surface area contributed by atoms with Gasteiger partial charge in [-0.25, -0.2) is 0 Å². The van der Waals surface area contributed by atoms with Gasteiger partial charge in [-0.05, 0) is 35.9 Å². The van der Waals surface area contributed by atoms with Crippen LogP contribution in [-0.4, -0.2) is 131 Å². The van der Waals surface area contributed by atoms with E-state index in [0.29, 0.717) is 5.56 Å². The van der Waals surface area contributed by atoms with Gasteiger partial charge in [0, 0.05) is 6.07 Å². The highest BCUT2D eigenvalue weighted by atomic mass is 16.7. The number of hydrogen-bond acceptors (Lipinski definition) is 15. The summed E-state index contributed by atoms with van der Waals surface area (Å²) in [4.78, 5) is 12.8. The topological polar surface area (TPSA) is 256 Å². The molecule has 15 nitrogen and oxygen atoms in total. The Morgan fingerprint density at radius 1 is 0.714 bits per heavy atom. The average Bonchev–Trinajstić information content (AvgIpc) is 2.97. The number of ketones is 1. The second-order valence-corrected chi connectivity index (χ2v) is 9.73. The summed E-state index contributed by atoms with van der Waals surface area (Å²) >= 11 is 0. The van der Waals surface area contributed by atoms with Crippen molar-refractivity contribution in [3.63, 3.8) is 0 Å². The van der Waals surface area contributed by atoms with Crippen molar-refractivity contribution in [1.82, 2.24) is 0 Å². The molecule has 2 aromatic rings. The number of aromatic hydroxyl groups is 2. The van der Waals surface area contributed by atoms with E-state index in [1.807, 2.05) is 0 Å². The van der Waals surface area contributed by atoms with Crippen LogP contribution in [0.4, 0.5) is 0 Å². The maximum atomic E-state index is 12.8. The van der Waals surface area contributed by atoms with Crippen LogP contribution in [-0.2, 0) is 9.47 Å². The summed E-state index contributed by atoms with van der Waals surface area (Å²) in [5.74, 6) is -1.76. The van der Waals surface area contributed by atoms with Gasteiger partial charge in [-0.15, -0.1) is 0 Å². The molecule has 0 spiro atoms. The molecule has 4 rings (SSSR count). The minimum Gasteiger partial charge on any atom is -0.507 e. The minimum atomic E-state index is -1.71. The first-order valence-corrected chi connectivity index (χ1v) is 12.8. The Balaban J connectivity index is 1.43. The first-order chi connectivity index (χ1) is 19.9. The lowest BCUT2D eigenvalue weighted by Crippen LogP contribution is -2.60. The van der Waals surface area contributed by atoms with Gasteiger partial charge >= 0.3 is 0 Å². The molecule has 2 aliphatic heterocycles. The van der Waals surface area contributed by atoms with Crippen LogP contribution in [0.2, 0.25) is 0 Å². The van der Waals surface area contributed by atoms with E-state index < -0.39 is 86.2 Å². The number of carbonyl (C=O) groups is 1. The number of carbonyl (C=O) groups excluding carboxylic acids is 1. The lowest BCUT2D eigenvalue weighted by Gasteiger charge is -2.39. The van der Waals surface area contributed by atoms with Crippen LogP contribution in [0.25, 0.3) is 6.08 Å². The fourth-order valence-corrected chi connectivity index (χ4v) is 4.37. The predicted octanol–water partition coefficient (Wildman–Crippen LogP) is -2.65. The van der Waals surface area contributed by atoms with Gasteiger partial charge in [0.15, 0.2) is 17.3 Å². The first-order valence-electron chi connectivity index (χ1n) is 12.8. The Labute approximate surface area is 238 Å². The molecule has 0 unspecified atom stereocenters. The number of aliphatic hydroxyl groups is 8. The smallest absolute Gasteiger partial charge is 0.229 e. The van der Waals surface area contributed by atoms with Crippen molar-refractivity contribution in [1.29, 1.82) is 0 Å². The summed E-state index contributed by atoms with van der Waals surface area (Å²) in [6, 6.07) is 7.52. The maximum absolute atomic E-state index is 12.8. The fraction of sp³-hybridized carbons (Fsp3) is 0.444. The van der Waals surface area contributed by atoms with Crippen LogP contribution in [0.3, 0.4) is 0 Å². The Bertz CT molecular complexity index is 1260. The Kier molecular flexibility index (Phi) is 10.0. The molecule has 0 saturated carbocycles. The van der Waals surface area contributed by atoms with Crippen molar-refractivity contribution >= 4 is 11.9 Å². The molecule has 15 heteroatoms. The molecule has 0 aromatic heterocycles. The number of rotatable bonds is 9. The monoisotopic (exact) mass is 596 g/mol. The predicted molar refractivity (Wildman–Crippen MR) is 138 cm³/mol. The molecule has 2 aromatic carbocycles. The second kappa shape index (κ2) is 13.3. The highest BCUT2D eigenvalue weighted by molar-refractivity contribution is 6.08. The summed E-state index contributed by atoms with van der Waals surface area (Å²) in [6.07, 6.45) is -12.9. The summed E-state index contributed by atoms with van der Waals surface area (Å²) in [5.41, 5.74) is 0.201. The third-order valence-corrected chi connectivity index (χ3v) is 6.84. The van der Waals surface area contributed by atoms with E-state index in [-0.39, 0.29) is 22.8 Å². The van der Waals surface area contributed by atoms with E-state index in [4.69, 9.17) is 18.9 Å². The number of phenols is 2. The number of aliphatic hydroxyl groups excluding tert-OH is 8. The number of benzene rings is 2. The van der Waals surface area contributed by atoms with Crippen LogP contribution < -0.4 is 9.47 Å². The molecular formula is C27H32O15. The molecule has 0 aliphatic carbocycles. The van der Waals surface area contributed by atoms with Crippen molar-refractivity contribution in [3.05, 3.63) is 53.6 Å². The summed E-state index contributed by atoms with van der Waals surface area (Å²) < 4.78 is 21.4. The zero-order valence-corrected chi connectivity index (χ0v) is 21.8. The number of hydrogen-bond donors (Lipinski definition) is 10. The molecule has 42 heavy (non-hydrogen) atoms. The highest BCUT2D eigenvalue weighted by Gasteiger charge is 2.46. The van der Waals surface area contributed by atoms with Crippen molar-refractivity contribution in [3.8, 4) is 23.0 Å². The third kappa shape index (κ3) is 6.66. The Morgan fingerprint density at radius 3 is 1.83 bits per heavy atom. The quantitative estimate of drug-likeness (QED) is 0.105. The largest absolute Gasteiger partial charge is 0.507 e. The lowest BCUT2D eigenvalue weighted by molar-refractivity contribution is -0.277. The van der Waals surface area contributed by atoms with Crippen LogP contribution in [0.1, 0.15) is 15.9 Å². The van der Waals surface area contributed by atoms with Crippen molar-refractivity contribution in [2.45, 2.75) is 61.4 Å². The zero-order chi connectivity index (χ0) is 30.7. The standard InChI is InChI=1S/C27H32O15/c28-9-18-20(33)22(35)24(37)26(41-18)39-12-3-4-13(16(32)8-12)14(30)5-1-11-2-6-15(31)17(7-11)40-27-25(38)23(36)21(34)19(10-29)42-27/h1-8,18-29,31-38H,9-10H2/t18-,19-,20-,21-,22+,23+,24-,25-,26-,27-/m1/s1. The second-order valence-electron chi connectivity index (χ2n) is 9.73. The summed E-state index contributed by atoms with van der Waals surface area (Å²) in [7, 11) is 0. The van der Waals surface area contributed by atoms with Crippen LogP contribution in [0, 0.1) is 0 Å². The molecule has 2 saturated heterocycles. The molecule has 10 atom stereocenters. The maximum Gasteiger partial charge on any atom is 0.229 e. The van der Waals surface area contributed by atoms with E-state index in [1.54, 1.807) is 0 Å². The fourth-order valence-electron chi connectivity index (χ4n) is 4.37. The van der Waals surface area contributed by atoms with E-state index in [9.17, 15) is 55.9 Å². The van der Waals surface area contributed by atoms with E-state index in [1.165, 1.54) is 36.4 Å². The summed E-state index contributed by atoms with van der Waals surface area (Å²) in [5, 5.41) is 99.1. The van der Waals surface area contributed by atoms with Gasteiger partial charge < -0.3 is 70.0 Å². The Morgan fingerprint density at radius 2 is 1.29 bits per heavy atom. The van der Waals surface area contributed by atoms with Crippen LogP contribution >= 0.6 is 0 Å². The van der Waals surface area contributed by atoms with E-state index in [0.717, 1.165) is 12.1 Å². The minimum absolute atomic E-state index is 0.0501. The zero-order valence-electron chi connectivity index (χ0n) is 21.8. The first kappa shape index (κ1) is 31.6. The van der Waals surface area contributed by atoms with Gasteiger partial charge in [-0.3, -0.25) is 4.79 Å². The van der Waals surface area contributed by atoms with Crippen molar-refractivity contribution in [2.24, 2.45) is 0 Å². The normalized spacial score (nSPS) is 33.4. The summed E-state index contributed by atoms with van der Waals surface area (Å²) in [6.45, 7) is -1.33. The molecular weight excluding hydrogens is 564 g/mol. The van der Waals surface area contributed by atoms with E-state index >= 15 is 0 Å². The SMILES string of the molecule is O=C(C=Cc1ccc(O)c(O[C@@H]2O[C@H](CO)[C@@H](O)[C@H](O)[C@H]2O)c1)c1ccc(O[C@@H]2O[C@H](CO)[C@@H](O)[C@H](O)[C@H]2O)cc1O. The average molecular weight is 597 g/mol. The molecule has 0 amide bonds. The van der Waals surface area contributed by atoms with Crippen LogP contribution in [0.15, 0.2) is 42.5 Å². The lowest BCUT2D eigenvalue weighted by atomic mass is 9.99. The van der Waals surface area contributed by atoms with Gasteiger partial charge in [0.05, 0.1) is 18.8 Å². The highest BCUT2D eigenvalue weighted by Crippen LogP contribution is 2.32. The van der Waals surface area contributed by atoms with Gasteiger partial charge in [-0.2, -0.15) is 0 Å². The molecule has 2 aliphatic rings. The molecule has 10 N–H and O–H groups in total. The molecule has 0 bridgehead atoms. The van der Waals surface area contributed by atoms with Crippen molar-refractivity contribution < 1.29 is 74.8 Å². The third-order valence-electron chi connectivity index (χ3n) is 6.84. The number of allylic oxidation sites excluding steroid dienone is 1. The van der Waals surface area contributed by atoms with Gasteiger partial charge in [-0.1, -0.05) is 12.1 Å². The van der Waals surface area contributed by atoms with Gasteiger partial charge in [0.1, 0.15) is 60.3 Å². The molecule has 2 heterocycles. The number of ether oxygens (including phenoxy) is 4. The van der Waals surface area contributed by atoms with Crippen LogP contribution in [0.5, 0.6) is 23.0 Å². The van der Waals surface area contributed by atoms with Crippen molar-refractivity contribution in [2.75, 3.05) is 13.2 Å². The molecule has 230 valence electrons.